The molecule has 2 nitrogen and oxygen atoms in total. The van der Waals surface area contributed by atoms with Gasteiger partial charge in [-0.25, -0.2) is 0 Å². The molecule has 0 amide bonds. The molecule has 0 aliphatic rings. The van der Waals surface area contributed by atoms with Gasteiger partial charge in [0.1, 0.15) is 0 Å². The fourth-order valence-corrected chi connectivity index (χ4v) is 3.14. The normalized spacial score (nSPS) is 11.3. The number of aromatic nitrogens is 1. The Labute approximate surface area is 150 Å². The first kappa shape index (κ1) is 16.3. The molecule has 1 heterocycles. The number of para-hydroxylation sites is 1. The number of benzene rings is 2. The Morgan fingerprint density at radius 2 is 1.71 bits per heavy atom. The molecular formula is C21H17BrN2. The van der Waals surface area contributed by atoms with Crippen molar-refractivity contribution in [3.63, 3.8) is 0 Å². The topological polar surface area (TPSA) is 28.7 Å². The zero-order valence-corrected chi connectivity index (χ0v) is 15.2. The van der Waals surface area contributed by atoms with Gasteiger partial charge in [-0.15, -0.1) is 0 Å². The minimum atomic E-state index is 0.663. The van der Waals surface area contributed by atoms with E-state index in [1.807, 2.05) is 48.5 Å². The first-order valence-electron chi connectivity index (χ1n) is 7.72. The van der Waals surface area contributed by atoms with Crippen LogP contribution in [-0.4, -0.2) is 4.57 Å². The van der Waals surface area contributed by atoms with Gasteiger partial charge in [0.2, 0.25) is 0 Å². The Balaban J connectivity index is 2.07. The van der Waals surface area contributed by atoms with Crippen molar-refractivity contribution in [3.8, 4) is 11.8 Å². The maximum Gasteiger partial charge on any atom is 0.0998 e. The largest absolute Gasteiger partial charge is 0.318 e. The van der Waals surface area contributed by atoms with Crippen molar-refractivity contribution < 1.29 is 0 Å². The lowest BCUT2D eigenvalue weighted by Gasteiger charge is -2.09. The number of nitrogens with zero attached hydrogens (tertiary/aromatic N) is 2. The summed E-state index contributed by atoms with van der Waals surface area (Å²) in [5, 5.41) is 9.56. The van der Waals surface area contributed by atoms with E-state index in [1.165, 1.54) is 0 Å². The van der Waals surface area contributed by atoms with Crippen LogP contribution in [0.2, 0.25) is 0 Å². The molecule has 0 atom stereocenters. The van der Waals surface area contributed by atoms with E-state index in [2.05, 4.69) is 58.6 Å². The van der Waals surface area contributed by atoms with Gasteiger partial charge in [0.25, 0.3) is 0 Å². The van der Waals surface area contributed by atoms with E-state index in [1.54, 1.807) is 0 Å². The van der Waals surface area contributed by atoms with Crippen molar-refractivity contribution in [1.82, 2.24) is 4.57 Å². The predicted molar refractivity (Wildman–Crippen MR) is 103 cm³/mol. The summed E-state index contributed by atoms with van der Waals surface area (Å²) in [6, 6.07) is 22.5. The molecule has 0 bridgehead atoms. The smallest absolute Gasteiger partial charge is 0.0998 e. The second-order valence-electron chi connectivity index (χ2n) is 5.67. The Bertz CT molecular complexity index is 926. The molecule has 118 valence electrons. The van der Waals surface area contributed by atoms with Crippen LogP contribution in [0.1, 0.15) is 22.5 Å². The van der Waals surface area contributed by atoms with Crippen molar-refractivity contribution in [3.05, 3.63) is 87.7 Å². The molecule has 0 fully saturated rings. The maximum absolute atomic E-state index is 9.56. The highest BCUT2D eigenvalue weighted by molar-refractivity contribution is 9.10. The van der Waals surface area contributed by atoms with Crippen LogP contribution >= 0.6 is 15.9 Å². The van der Waals surface area contributed by atoms with Gasteiger partial charge < -0.3 is 4.57 Å². The van der Waals surface area contributed by atoms with Crippen LogP contribution in [0.5, 0.6) is 0 Å². The SMILES string of the molecule is Cc1cc(C=C(C#N)c2ccc(Br)cc2)c(C)n1-c1ccccc1. The van der Waals surface area contributed by atoms with Crippen LogP contribution in [-0.2, 0) is 0 Å². The average molecular weight is 377 g/mol. The zero-order chi connectivity index (χ0) is 17.1. The first-order valence-corrected chi connectivity index (χ1v) is 8.51. The second kappa shape index (κ2) is 6.90. The summed E-state index contributed by atoms with van der Waals surface area (Å²) in [7, 11) is 0. The molecule has 0 aliphatic heterocycles. The highest BCUT2D eigenvalue weighted by Crippen LogP contribution is 2.25. The molecule has 0 N–H and O–H groups in total. The van der Waals surface area contributed by atoms with Gasteiger partial charge in [0.05, 0.1) is 11.6 Å². The van der Waals surface area contributed by atoms with Crippen molar-refractivity contribution in [1.29, 1.82) is 5.26 Å². The van der Waals surface area contributed by atoms with Crippen LogP contribution in [0.3, 0.4) is 0 Å². The molecule has 0 radical (unpaired) electrons. The van der Waals surface area contributed by atoms with Gasteiger partial charge >= 0.3 is 0 Å². The van der Waals surface area contributed by atoms with Crippen molar-refractivity contribution in [2.75, 3.05) is 0 Å². The number of allylic oxidation sites excluding steroid dienone is 1. The van der Waals surface area contributed by atoms with Crippen molar-refractivity contribution >= 4 is 27.6 Å². The Morgan fingerprint density at radius 1 is 1.04 bits per heavy atom. The quantitative estimate of drug-likeness (QED) is 0.521. The summed E-state index contributed by atoms with van der Waals surface area (Å²) in [5.74, 6) is 0. The highest BCUT2D eigenvalue weighted by atomic mass is 79.9. The van der Waals surface area contributed by atoms with Gasteiger partial charge in [-0.1, -0.05) is 46.3 Å². The summed E-state index contributed by atoms with van der Waals surface area (Å²) in [4.78, 5) is 0. The Hall–Kier alpha value is -2.57. The zero-order valence-electron chi connectivity index (χ0n) is 13.6. The lowest BCUT2D eigenvalue weighted by Crippen LogP contribution is -1.98. The summed E-state index contributed by atoms with van der Waals surface area (Å²) in [6.45, 7) is 4.17. The molecule has 0 spiro atoms. The van der Waals surface area contributed by atoms with Crippen LogP contribution in [0.4, 0.5) is 0 Å². The van der Waals surface area contributed by atoms with Crippen LogP contribution in [0, 0.1) is 25.2 Å². The van der Waals surface area contributed by atoms with E-state index in [9.17, 15) is 5.26 Å². The van der Waals surface area contributed by atoms with Gasteiger partial charge in [-0.2, -0.15) is 5.26 Å². The monoisotopic (exact) mass is 376 g/mol. The van der Waals surface area contributed by atoms with E-state index >= 15 is 0 Å². The number of halogens is 1. The molecule has 24 heavy (non-hydrogen) atoms. The molecule has 0 unspecified atom stereocenters. The van der Waals surface area contributed by atoms with E-state index in [0.717, 1.165) is 32.7 Å². The van der Waals surface area contributed by atoms with Gasteiger partial charge in [0, 0.05) is 21.5 Å². The molecule has 1 aromatic heterocycles. The van der Waals surface area contributed by atoms with Crippen LogP contribution in [0.25, 0.3) is 17.3 Å². The third kappa shape index (κ3) is 3.20. The van der Waals surface area contributed by atoms with Crippen molar-refractivity contribution in [2.45, 2.75) is 13.8 Å². The summed E-state index contributed by atoms with van der Waals surface area (Å²) >= 11 is 3.43. The molecule has 0 saturated carbocycles. The third-order valence-corrected chi connectivity index (χ3v) is 4.59. The minimum Gasteiger partial charge on any atom is -0.318 e. The molecule has 2 aromatic carbocycles. The Kier molecular flexibility index (Phi) is 4.69. The van der Waals surface area contributed by atoms with Crippen LogP contribution < -0.4 is 0 Å². The van der Waals surface area contributed by atoms with Crippen LogP contribution in [0.15, 0.2) is 65.1 Å². The average Bonchev–Trinajstić information content (AvgIpc) is 2.88. The van der Waals surface area contributed by atoms with E-state index in [4.69, 9.17) is 0 Å². The van der Waals surface area contributed by atoms with Crippen molar-refractivity contribution in [2.24, 2.45) is 0 Å². The lowest BCUT2D eigenvalue weighted by atomic mass is 10.0. The molecule has 3 aromatic rings. The van der Waals surface area contributed by atoms with Gasteiger partial charge in [0.15, 0.2) is 0 Å². The second-order valence-corrected chi connectivity index (χ2v) is 6.59. The fraction of sp³-hybridized carbons (Fsp3) is 0.0952. The molecule has 3 rings (SSSR count). The first-order chi connectivity index (χ1) is 11.6. The number of aryl methyl sites for hydroxylation is 1. The summed E-state index contributed by atoms with van der Waals surface area (Å²) < 4.78 is 3.22. The molecule has 0 aliphatic carbocycles. The Morgan fingerprint density at radius 3 is 2.33 bits per heavy atom. The number of nitriles is 1. The lowest BCUT2D eigenvalue weighted by molar-refractivity contribution is 0.964. The predicted octanol–water partition coefficient (Wildman–Crippen LogP) is 5.92. The van der Waals surface area contributed by atoms with Gasteiger partial charge in [-0.3, -0.25) is 0 Å². The third-order valence-electron chi connectivity index (χ3n) is 4.06. The molecular weight excluding hydrogens is 360 g/mol. The van der Waals surface area contributed by atoms with E-state index in [0.29, 0.717) is 5.57 Å². The summed E-state index contributed by atoms with van der Waals surface area (Å²) in [6.07, 6.45) is 1.96. The standard InChI is InChI=1S/C21H17BrN2/c1-15-12-18(16(2)24(15)21-6-4-3-5-7-21)13-19(14-23)17-8-10-20(22)11-9-17/h3-13H,1-2H3. The summed E-state index contributed by atoms with van der Waals surface area (Å²) in [5.41, 5.74) is 6.06. The highest BCUT2D eigenvalue weighted by Gasteiger charge is 2.10. The van der Waals surface area contributed by atoms with Gasteiger partial charge in [-0.05, 0) is 61.4 Å². The number of rotatable bonds is 3. The maximum atomic E-state index is 9.56. The minimum absolute atomic E-state index is 0.663. The van der Waals surface area contributed by atoms with E-state index in [-0.39, 0.29) is 0 Å². The number of hydrogen-bond donors (Lipinski definition) is 0. The molecule has 3 heteroatoms. The van der Waals surface area contributed by atoms with E-state index < -0.39 is 0 Å². The fourth-order valence-electron chi connectivity index (χ4n) is 2.87. The molecule has 0 saturated heterocycles. The number of hydrogen-bond acceptors (Lipinski definition) is 1.